The average molecular weight is 296 g/mol. The van der Waals surface area contributed by atoms with E-state index in [1.807, 2.05) is 19.1 Å². The van der Waals surface area contributed by atoms with Gasteiger partial charge in [0, 0.05) is 30.9 Å². The molecule has 0 bridgehead atoms. The van der Waals surface area contributed by atoms with Crippen molar-refractivity contribution >= 4 is 11.8 Å². The monoisotopic (exact) mass is 296 g/mol. The molecule has 2 aromatic rings. The molecule has 0 radical (unpaired) electrons. The van der Waals surface area contributed by atoms with Crippen molar-refractivity contribution in [1.29, 1.82) is 0 Å². The summed E-state index contributed by atoms with van der Waals surface area (Å²) < 4.78 is 0. The summed E-state index contributed by atoms with van der Waals surface area (Å²) in [6, 6.07) is 12.7. The van der Waals surface area contributed by atoms with Crippen molar-refractivity contribution in [3.8, 4) is 0 Å². The average Bonchev–Trinajstić information content (AvgIpc) is 2.56. The number of benzene rings is 1. The van der Waals surface area contributed by atoms with Gasteiger partial charge >= 0.3 is 0 Å². The summed E-state index contributed by atoms with van der Waals surface area (Å²) in [6.45, 7) is 6.33. The van der Waals surface area contributed by atoms with Gasteiger partial charge in [0.25, 0.3) is 0 Å². The highest BCUT2D eigenvalue weighted by atomic mass is 15.3. The van der Waals surface area contributed by atoms with Crippen LogP contribution in [-0.4, -0.2) is 23.1 Å². The van der Waals surface area contributed by atoms with Crippen molar-refractivity contribution in [1.82, 2.24) is 9.97 Å². The van der Waals surface area contributed by atoms with Gasteiger partial charge in [-0.2, -0.15) is 4.98 Å². The number of hydrogen-bond donors (Lipinski definition) is 1. The van der Waals surface area contributed by atoms with E-state index in [1.165, 1.54) is 24.8 Å². The van der Waals surface area contributed by atoms with E-state index in [1.54, 1.807) is 0 Å². The lowest BCUT2D eigenvalue weighted by molar-refractivity contribution is 0.568. The van der Waals surface area contributed by atoms with E-state index in [9.17, 15) is 0 Å². The Morgan fingerprint density at radius 2 is 1.77 bits per heavy atom. The maximum Gasteiger partial charge on any atom is 0.227 e. The molecular formula is C18H24N4. The van der Waals surface area contributed by atoms with Crippen molar-refractivity contribution in [2.75, 3.05) is 23.3 Å². The molecule has 1 aromatic heterocycles. The Morgan fingerprint density at radius 1 is 1.05 bits per heavy atom. The molecule has 4 nitrogen and oxygen atoms in total. The van der Waals surface area contributed by atoms with Crippen LogP contribution in [-0.2, 0) is 0 Å². The second kappa shape index (κ2) is 6.77. The Bertz CT molecular complexity index is 606. The summed E-state index contributed by atoms with van der Waals surface area (Å²) in [4.78, 5) is 11.6. The molecular weight excluding hydrogens is 272 g/mol. The third-order valence-corrected chi connectivity index (χ3v) is 4.15. The topological polar surface area (TPSA) is 41.1 Å². The van der Waals surface area contributed by atoms with Gasteiger partial charge in [-0.25, -0.2) is 4.98 Å². The largest absolute Gasteiger partial charge is 0.363 e. The third kappa shape index (κ3) is 3.56. The number of anilines is 2. The van der Waals surface area contributed by atoms with Gasteiger partial charge in [0.1, 0.15) is 5.82 Å². The minimum absolute atomic E-state index is 0.227. The Morgan fingerprint density at radius 3 is 2.50 bits per heavy atom. The zero-order valence-corrected chi connectivity index (χ0v) is 13.4. The summed E-state index contributed by atoms with van der Waals surface area (Å²) in [6.07, 6.45) is 3.79. The molecule has 1 unspecified atom stereocenters. The molecule has 116 valence electrons. The lowest BCUT2D eigenvalue weighted by atomic mass is 10.1. The van der Waals surface area contributed by atoms with Crippen molar-refractivity contribution < 1.29 is 0 Å². The quantitative estimate of drug-likeness (QED) is 0.927. The summed E-state index contributed by atoms with van der Waals surface area (Å²) in [5.41, 5.74) is 2.27. The van der Waals surface area contributed by atoms with Crippen LogP contribution in [0, 0.1) is 6.92 Å². The molecule has 0 amide bonds. The molecule has 1 fully saturated rings. The second-order valence-electron chi connectivity index (χ2n) is 6.02. The van der Waals surface area contributed by atoms with Crippen LogP contribution < -0.4 is 10.2 Å². The molecule has 0 saturated carbocycles. The highest BCUT2D eigenvalue weighted by Gasteiger charge is 2.15. The van der Waals surface area contributed by atoms with Crippen molar-refractivity contribution in [2.45, 2.75) is 39.2 Å². The minimum atomic E-state index is 0.227. The molecule has 0 aliphatic carbocycles. The maximum absolute atomic E-state index is 4.73. The maximum atomic E-state index is 4.73. The molecule has 1 N–H and O–H groups in total. The number of nitrogens with one attached hydrogen (secondary N) is 1. The molecule has 1 saturated heterocycles. The van der Waals surface area contributed by atoms with Gasteiger partial charge < -0.3 is 10.2 Å². The van der Waals surface area contributed by atoms with E-state index in [-0.39, 0.29) is 6.04 Å². The normalized spacial score (nSPS) is 16.4. The minimum Gasteiger partial charge on any atom is -0.363 e. The highest BCUT2D eigenvalue weighted by molar-refractivity contribution is 5.45. The standard InChI is InChI=1S/C18H24N4/c1-14-13-17(20-15(2)16-9-5-3-6-10-16)21-18(19-14)22-11-7-4-8-12-22/h3,5-6,9-10,13,15H,4,7-8,11-12H2,1-2H3,(H,19,20,21). The first-order valence-electron chi connectivity index (χ1n) is 8.14. The van der Waals surface area contributed by atoms with Gasteiger partial charge in [0.15, 0.2) is 0 Å². The second-order valence-corrected chi connectivity index (χ2v) is 6.02. The van der Waals surface area contributed by atoms with E-state index in [0.29, 0.717) is 0 Å². The van der Waals surface area contributed by atoms with Gasteiger partial charge in [0.2, 0.25) is 5.95 Å². The highest BCUT2D eigenvalue weighted by Crippen LogP contribution is 2.22. The van der Waals surface area contributed by atoms with E-state index in [2.05, 4.69) is 46.4 Å². The molecule has 22 heavy (non-hydrogen) atoms. The SMILES string of the molecule is Cc1cc(NC(C)c2ccccc2)nc(N2CCCCC2)n1. The Kier molecular flexibility index (Phi) is 4.56. The predicted molar refractivity (Wildman–Crippen MR) is 91.3 cm³/mol. The molecule has 1 aliphatic heterocycles. The van der Waals surface area contributed by atoms with E-state index in [4.69, 9.17) is 4.98 Å². The zero-order chi connectivity index (χ0) is 15.4. The summed E-state index contributed by atoms with van der Waals surface area (Å²) in [5, 5.41) is 3.50. The van der Waals surface area contributed by atoms with Crippen LogP contribution in [0.25, 0.3) is 0 Å². The molecule has 3 rings (SSSR count). The number of nitrogens with zero attached hydrogens (tertiary/aromatic N) is 3. The van der Waals surface area contributed by atoms with Gasteiger partial charge in [-0.15, -0.1) is 0 Å². The fourth-order valence-electron chi connectivity index (χ4n) is 2.91. The molecule has 1 aromatic carbocycles. The smallest absolute Gasteiger partial charge is 0.227 e. The van der Waals surface area contributed by atoms with E-state index in [0.717, 1.165) is 30.5 Å². The first-order chi connectivity index (χ1) is 10.7. The molecule has 1 atom stereocenters. The summed E-state index contributed by atoms with van der Waals surface area (Å²) in [7, 11) is 0. The van der Waals surface area contributed by atoms with Crippen LogP contribution in [0.15, 0.2) is 36.4 Å². The number of aromatic nitrogens is 2. The lowest BCUT2D eigenvalue weighted by Crippen LogP contribution is -2.31. The van der Waals surface area contributed by atoms with Crippen LogP contribution in [0.4, 0.5) is 11.8 Å². The van der Waals surface area contributed by atoms with Crippen molar-refractivity contribution in [2.24, 2.45) is 0 Å². The Labute approximate surface area is 132 Å². The third-order valence-electron chi connectivity index (χ3n) is 4.15. The molecule has 0 spiro atoms. The van der Waals surface area contributed by atoms with Crippen molar-refractivity contribution in [3.63, 3.8) is 0 Å². The van der Waals surface area contributed by atoms with Gasteiger partial charge in [-0.3, -0.25) is 0 Å². The fraction of sp³-hybridized carbons (Fsp3) is 0.444. The Balaban J connectivity index is 1.77. The summed E-state index contributed by atoms with van der Waals surface area (Å²) >= 11 is 0. The van der Waals surface area contributed by atoms with Crippen LogP contribution in [0.3, 0.4) is 0 Å². The summed E-state index contributed by atoms with van der Waals surface area (Å²) in [5.74, 6) is 1.77. The Hall–Kier alpha value is -2.10. The molecule has 2 heterocycles. The fourth-order valence-corrected chi connectivity index (χ4v) is 2.91. The predicted octanol–water partition coefficient (Wildman–Crippen LogP) is 3.95. The molecule has 4 heteroatoms. The first-order valence-corrected chi connectivity index (χ1v) is 8.14. The van der Waals surface area contributed by atoms with Crippen LogP contribution in [0.5, 0.6) is 0 Å². The van der Waals surface area contributed by atoms with Crippen LogP contribution >= 0.6 is 0 Å². The van der Waals surface area contributed by atoms with Gasteiger partial charge in [0.05, 0.1) is 0 Å². The van der Waals surface area contributed by atoms with Crippen LogP contribution in [0.2, 0.25) is 0 Å². The van der Waals surface area contributed by atoms with Crippen LogP contribution in [0.1, 0.15) is 43.5 Å². The zero-order valence-electron chi connectivity index (χ0n) is 13.4. The number of piperidine rings is 1. The number of rotatable bonds is 4. The number of hydrogen-bond acceptors (Lipinski definition) is 4. The first kappa shape index (κ1) is 14.8. The van der Waals surface area contributed by atoms with E-state index < -0.39 is 0 Å². The van der Waals surface area contributed by atoms with Gasteiger partial charge in [-0.1, -0.05) is 30.3 Å². The molecule has 1 aliphatic rings. The lowest BCUT2D eigenvalue weighted by Gasteiger charge is -2.27. The van der Waals surface area contributed by atoms with Gasteiger partial charge in [-0.05, 0) is 38.7 Å². The number of aryl methyl sites for hydroxylation is 1. The van der Waals surface area contributed by atoms with E-state index >= 15 is 0 Å². The van der Waals surface area contributed by atoms with Crippen molar-refractivity contribution in [3.05, 3.63) is 47.7 Å².